The van der Waals surface area contributed by atoms with E-state index in [2.05, 4.69) is 4.98 Å². The van der Waals surface area contributed by atoms with E-state index in [0.29, 0.717) is 39.8 Å². The number of aromatic nitrogens is 1. The summed E-state index contributed by atoms with van der Waals surface area (Å²) in [5, 5.41) is 0.755. The molecule has 0 atom stereocenters. The number of halogens is 2. The first-order chi connectivity index (χ1) is 9.61. The van der Waals surface area contributed by atoms with E-state index in [-0.39, 0.29) is 0 Å². The molecule has 0 aliphatic heterocycles. The molecule has 0 radical (unpaired) electrons. The van der Waals surface area contributed by atoms with E-state index < -0.39 is 0 Å². The molecule has 20 heavy (non-hydrogen) atoms. The zero-order valence-electron chi connectivity index (χ0n) is 10.9. The predicted molar refractivity (Wildman–Crippen MR) is 81.0 cm³/mol. The van der Waals surface area contributed by atoms with Gasteiger partial charge in [-0.3, -0.25) is 0 Å². The number of rotatable bonds is 5. The van der Waals surface area contributed by atoms with Crippen LogP contribution in [0.15, 0.2) is 30.3 Å². The van der Waals surface area contributed by atoms with E-state index in [1.165, 1.54) is 0 Å². The fourth-order valence-electron chi connectivity index (χ4n) is 1.48. The van der Waals surface area contributed by atoms with Gasteiger partial charge in [0.25, 0.3) is 0 Å². The third-order valence-corrected chi connectivity index (χ3v) is 3.24. The van der Waals surface area contributed by atoms with Gasteiger partial charge in [-0.1, -0.05) is 36.2 Å². The van der Waals surface area contributed by atoms with Crippen LogP contribution in [0.4, 0.5) is 5.69 Å². The quantitative estimate of drug-likeness (QED) is 0.879. The molecule has 0 saturated carbocycles. The maximum Gasteiger partial charge on any atom is 0.240 e. The molecule has 0 spiro atoms. The molecule has 0 bridgehead atoms. The molecule has 0 fully saturated rings. The topological polar surface area (TPSA) is 57.4 Å². The largest absolute Gasteiger partial charge is 0.476 e. The molecule has 0 amide bonds. The molecule has 2 aromatic rings. The van der Waals surface area contributed by atoms with E-state index >= 15 is 0 Å². The number of nitrogen functional groups attached to an aromatic ring is 1. The van der Waals surface area contributed by atoms with Crippen molar-refractivity contribution < 1.29 is 9.47 Å². The molecular formula is C14H14Cl2N2O2. The number of hydrogen-bond acceptors (Lipinski definition) is 4. The summed E-state index contributed by atoms with van der Waals surface area (Å²) < 4.78 is 11.0. The van der Waals surface area contributed by atoms with Crippen molar-refractivity contribution in [3.8, 4) is 17.5 Å². The summed E-state index contributed by atoms with van der Waals surface area (Å²) in [7, 11) is 0. The minimum absolute atomic E-state index is 0.337. The lowest BCUT2D eigenvalue weighted by molar-refractivity contribution is 0.302. The first-order valence-electron chi connectivity index (χ1n) is 6.13. The third-order valence-electron chi connectivity index (χ3n) is 2.44. The van der Waals surface area contributed by atoms with Crippen LogP contribution in [0.5, 0.6) is 17.5 Å². The molecular weight excluding hydrogens is 299 g/mol. The summed E-state index contributed by atoms with van der Waals surface area (Å²) in [6, 6.07) is 8.45. The molecule has 0 aliphatic carbocycles. The van der Waals surface area contributed by atoms with Crippen LogP contribution < -0.4 is 15.2 Å². The van der Waals surface area contributed by atoms with Gasteiger partial charge in [-0.25, -0.2) is 0 Å². The van der Waals surface area contributed by atoms with Gasteiger partial charge in [0, 0.05) is 6.07 Å². The Balaban J connectivity index is 2.23. The number of nitrogens with two attached hydrogens (primary N) is 1. The molecule has 1 aromatic carbocycles. The Kier molecular flexibility index (Phi) is 4.93. The third kappa shape index (κ3) is 3.46. The van der Waals surface area contributed by atoms with Gasteiger partial charge in [0.2, 0.25) is 11.8 Å². The van der Waals surface area contributed by atoms with Crippen molar-refractivity contribution in [3.05, 3.63) is 40.4 Å². The standard InChI is InChI=1S/C14H14Cl2N2O2/c1-2-8-19-14-10(17)6-7-12(18-14)20-11-5-3-4-9(15)13(11)16/h3-7H,2,8,17H2,1H3. The van der Waals surface area contributed by atoms with Crippen LogP contribution in [0.2, 0.25) is 10.0 Å². The highest BCUT2D eigenvalue weighted by molar-refractivity contribution is 6.42. The molecule has 106 valence electrons. The molecule has 0 saturated heterocycles. The number of ether oxygens (including phenoxy) is 2. The molecule has 6 heteroatoms. The highest BCUT2D eigenvalue weighted by Gasteiger charge is 2.10. The summed E-state index contributed by atoms with van der Waals surface area (Å²) in [5.74, 6) is 1.12. The Morgan fingerprint density at radius 1 is 1.20 bits per heavy atom. The maximum absolute atomic E-state index is 6.06. The second-order valence-electron chi connectivity index (χ2n) is 4.05. The smallest absolute Gasteiger partial charge is 0.240 e. The normalized spacial score (nSPS) is 10.3. The minimum atomic E-state index is 0.337. The molecule has 1 aromatic heterocycles. The minimum Gasteiger partial charge on any atom is -0.476 e. The molecule has 1 heterocycles. The Bertz CT molecular complexity index is 606. The van der Waals surface area contributed by atoms with Crippen molar-refractivity contribution in [2.75, 3.05) is 12.3 Å². The van der Waals surface area contributed by atoms with Crippen molar-refractivity contribution in [2.24, 2.45) is 0 Å². The van der Waals surface area contributed by atoms with Crippen molar-refractivity contribution >= 4 is 28.9 Å². The summed E-state index contributed by atoms with van der Waals surface area (Å²) in [6.45, 7) is 2.54. The van der Waals surface area contributed by atoms with Crippen LogP contribution in [0.1, 0.15) is 13.3 Å². The fraction of sp³-hybridized carbons (Fsp3) is 0.214. The SMILES string of the molecule is CCCOc1nc(Oc2cccc(Cl)c2Cl)ccc1N. The Labute approximate surface area is 127 Å². The molecule has 2 rings (SSSR count). The average Bonchev–Trinajstić information content (AvgIpc) is 2.44. The zero-order chi connectivity index (χ0) is 14.5. The van der Waals surface area contributed by atoms with E-state index in [9.17, 15) is 0 Å². The van der Waals surface area contributed by atoms with Crippen molar-refractivity contribution in [2.45, 2.75) is 13.3 Å². The molecule has 0 aliphatic rings. The Morgan fingerprint density at radius 2 is 2.00 bits per heavy atom. The van der Waals surface area contributed by atoms with Crippen molar-refractivity contribution in [3.63, 3.8) is 0 Å². The average molecular weight is 313 g/mol. The predicted octanol–water partition coefficient (Wildman–Crippen LogP) is 4.55. The maximum atomic E-state index is 6.06. The fourth-order valence-corrected chi connectivity index (χ4v) is 1.81. The van der Waals surface area contributed by atoms with Gasteiger partial charge in [0.1, 0.15) is 10.8 Å². The van der Waals surface area contributed by atoms with E-state index in [1.54, 1.807) is 30.3 Å². The number of nitrogens with zero attached hydrogens (tertiary/aromatic N) is 1. The zero-order valence-corrected chi connectivity index (χ0v) is 12.4. The van der Waals surface area contributed by atoms with E-state index in [1.807, 2.05) is 6.92 Å². The summed E-state index contributed by atoms with van der Waals surface area (Å²) in [5.41, 5.74) is 6.25. The van der Waals surface area contributed by atoms with Crippen LogP contribution in [0.3, 0.4) is 0 Å². The van der Waals surface area contributed by atoms with Gasteiger partial charge in [-0.15, -0.1) is 0 Å². The lowest BCUT2D eigenvalue weighted by atomic mass is 10.3. The molecule has 4 nitrogen and oxygen atoms in total. The number of anilines is 1. The van der Waals surface area contributed by atoms with Crippen LogP contribution in [-0.2, 0) is 0 Å². The van der Waals surface area contributed by atoms with Gasteiger partial charge >= 0.3 is 0 Å². The lowest BCUT2D eigenvalue weighted by Crippen LogP contribution is -2.02. The first kappa shape index (κ1) is 14.8. The monoisotopic (exact) mass is 312 g/mol. The number of benzene rings is 1. The molecule has 0 unspecified atom stereocenters. The van der Waals surface area contributed by atoms with Crippen LogP contribution in [0.25, 0.3) is 0 Å². The molecule has 2 N–H and O–H groups in total. The summed E-state index contributed by atoms with van der Waals surface area (Å²) in [6.07, 6.45) is 0.867. The number of hydrogen-bond donors (Lipinski definition) is 1. The Hall–Kier alpha value is -1.65. The van der Waals surface area contributed by atoms with Gasteiger partial charge < -0.3 is 15.2 Å². The second kappa shape index (κ2) is 6.68. The van der Waals surface area contributed by atoms with Gasteiger partial charge in [-0.2, -0.15) is 4.98 Å². The van der Waals surface area contributed by atoms with Crippen LogP contribution >= 0.6 is 23.2 Å². The van der Waals surface area contributed by atoms with Gasteiger partial charge in [-0.05, 0) is 24.6 Å². The highest BCUT2D eigenvalue weighted by atomic mass is 35.5. The van der Waals surface area contributed by atoms with Crippen LogP contribution in [0, 0.1) is 0 Å². The van der Waals surface area contributed by atoms with Crippen molar-refractivity contribution in [1.29, 1.82) is 0 Å². The lowest BCUT2D eigenvalue weighted by Gasteiger charge is -2.10. The highest BCUT2D eigenvalue weighted by Crippen LogP contribution is 2.35. The first-order valence-corrected chi connectivity index (χ1v) is 6.88. The second-order valence-corrected chi connectivity index (χ2v) is 4.83. The van der Waals surface area contributed by atoms with E-state index in [4.69, 9.17) is 38.4 Å². The number of pyridine rings is 1. The van der Waals surface area contributed by atoms with E-state index in [0.717, 1.165) is 6.42 Å². The summed E-state index contributed by atoms with van der Waals surface area (Å²) in [4.78, 5) is 4.20. The van der Waals surface area contributed by atoms with Crippen molar-refractivity contribution in [1.82, 2.24) is 4.98 Å². The Morgan fingerprint density at radius 3 is 2.75 bits per heavy atom. The van der Waals surface area contributed by atoms with Gasteiger partial charge in [0.15, 0.2) is 0 Å². The summed E-state index contributed by atoms with van der Waals surface area (Å²) >= 11 is 12.0. The van der Waals surface area contributed by atoms with Gasteiger partial charge in [0.05, 0.1) is 17.3 Å². The van der Waals surface area contributed by atoms with Crippen LogP contribution in [-0.4, -0.2) is 11.6 Å².